The summed E-state index contributed by atoms with van der Waals surface area (Å²) in [4.78, 5) is 33.0. The van der Waals surface area contributed by atoms with Crippen LogP contribution in [0.25, 0.3) is 0 Å². The summed E-state index contributed by atoms with van der Waals surface area (Å²) in [5.41, 5.74) is 2.81. The second kappa shape index (κ2) is 13.1. The van der Waals surface area contributed by atoms with Gasteiger partial charge in [-0.25, -0.2) is 4.79 Å². The molecule has 3 aliphatic carbocycles. The van der Waals surface area contributed by atoms with E-state index in [0.29, 0.717) is 72.2 Å². The molecule has 1 aliphatic heterocycles. The second-order valence-corrected chi connectivity index (χ2v) is 12.7. The van der Waals surface area contributed by atoms with Crippen molar-refractivity contribution < 1.29 is 23.8 Å². The summed E-state index contributed by atoms with van der Waals surface area (Å²) in [6.07, 6.45) is 4.63. The molecule has 1 heterocycles. The maximum absolute atomic E-state index is 14.1. The molecule has 0 aromatic heterocycles. The van der Waals surface area contributed by atoms with Crippen LogP contribution in [0.5, 0.6) is 17.2 Å². The lowest BCUT2D eigenvalue weighted by Gasteiger charge is -2.57. The Hall–Kier alpha value is -3.43. The van der Waals surface area contributed by atoms with E-state index in [1.54, 1.807) is 45.6 Å². The number of fused-ring (bicyclic) bond motifs is 1. The number of hydrogen-bond donors (Lipinski definition) is 1. The molecule has 9 nitrogen and oxygen atoms in total. The number of anilines is 1. The van der Waals surface area contributed by atoms with Gasteiger partial charge in [-0.05, 0) is 60.4 Å². The third kappa shape index (κ3) is 6.58. The van der Waals surface area contributed by atoms with Gasteiger partial charge in [0, 0.05) is 62.1 Å². The van der Waals surface area contributed by atoms with Gasteiger partial charge in [-0.15, -0.1) is 0 Å². The van der Waals surface area contributed by atoms with Crippen molar-refractivity contribution in [1.29, 1.82) is 0 Å². The highest BCUT2D eigenvalue weighted by atomic mass is 35.5. The Labute approximate surface area is 259 Å². The van der Waals surface area contributed by atoms with Gasteiger partial charge < -0.3 is 29.3 Å². The van der Waals surface area contributed by atoms with E-state index < -0.39 is 0 Å². The zero-order valence-electron chi connectivity index (χ0n) is 25.8. The highest BCUT2D eigenvalue weighted by Gasteiger charge is 2.51. The average molecular weight is 611 g/mol. The van der Waals surface area contributed by atoms with Crippen LogP contribution in [0.4, 0.5) is 10.5 Å². The average Bonchev–Trinajstić information content (AvgIpc) is 3.02. The van der Waals surface area contributed by atoms with E-state index in [1.165, 1.54) is 12.0 Å². The lowest BCUT2D eigenvalue weighted by atomic mass is 9.49. The van der Waals surface area contributed by atoms with Crippen LogP contribution in [-0.2, 0) is 0 Å². The van der Waals surface area contributed by atoms with Crippen LogP contribution in [0, 0.1) is 17.3 Å². The minimum Gasteiger partial charge on any atom is -0.493 e. The van der Waals surface area contributed by atoms with Gasteiger partial charge in [0.1, 0.15) is 0 Å². The minimum atomic E-state index is -0.133. The molecule has 1 saturated heterocycles. The minimum absolute atomic E-state index is 0.0704. The van der Waals surface area contributed by atoms with Gasteiger partial charge in [0.25, 0.3) is 5.91 Å². The van der Waals surface area contributed by atoms with Crippen molar-refractivity contribution in [3.63, 3.8) is 0 Å². The van der Waals surface area contributed by atoms with Crippen molar-refractivity contribution in [3.05, 3.63) is 58.6 Å². The molecule has 2 bridgehead atoms. The first-order valence-corrected chi connectivity index (χ1v) is 15.3. The fraction of sp³-hybridized carbons (Fsp3) is 0.515. The predicted octanol–water partition coefficient (Wildman–Crippen LogP) is 5.65. The van der Waals surface area contributed by atoms with Gasteiger partial charge in [-0.3, -0.25) is 9.69 Å². The van der Waals surface area contributed by atoms with Crippen molar-refractivity contribution in [1.82, 2.24) is 14.7 Å². The number of carbonyl (C=O) groups is 2. The van der Waals surface area contributed by atoms with E-state index in [-0.39, 0.29) is 17.4 Å². The number of ether oxygens (including phenoxy) is 3. The number of methoxy groups -OCH3 is 3. The Morgan fingerprint density at radius 1 is 1.02 bits per heavy atom. The zero-order valence-corrected chi connectivity index (χ0v) is 26.6. The smallest absolute Gasteiger partial charge is 0.321 e. The van der Waals surface area contributed by atoms with Gasteiger partial charge >= 0.3 is 6.03 Å². The normalized spacial score (nSPS) is 20.9. The summed E-state index contributed by atoms with van der Waals surface area (Å²) in [6, 6.07) is 10.5. The number of benzene rings is 2. The maximum atomic E-state index is 14.1. The molecule has 0 radical (unpaired) electrons. The largest absolute Gasteiger partial charge is 0.493 e. The third-order valence-electron chi connectivity index (χ3n) is 9.58. The Kier molecular flexibility index (Phi) is 9.42. The van der Waals surface area contributed by atoms with Crippen LogP contribution in [0.1, 0.15) is 37.0 Å². The standard InChI is InChI=1S/C33H43ClN4O5/c1-33(2)24-10-9-22(27(33)19-24)21-38(31(39)23-17-28(41-3)30(43-5)29(18-23)42-4)16-13-36-11-14-37(15-12-36)32(40)35-26-8-6-7-25(34)20-26/h6-9,17-18,20,24,27H,10-16,19,21H2,1-5H3,(H,35,40). The predicted molar refractivity (Wildman–Crippen MR) is 169 cm³/mol. The van der Waals surface area contributed by atoms with Gasteiger partial charge in [-0.1, -0.05) is 43.2 Å². The number of urea groups is 1. The SMILES string of the molecule is COc1cc(C(=O)N(CCN2CCN(C(=O)Nc3cccc(Cl)c3)CC2)CC2=CCC3CC2C3(C)C)cc(OC)c1OC. The Balaban J connectivity index is 1.26. The van der Waals surface area contributed by atoms with Crippen molar-refractivity contribution in [3.8, 4) is 17.2 Å². The highest BCUT2D eigenvalue weighted by Crippen LogP contribution is 2.59. The van der Waals surface area contributed by atoms with Crippen molar-refractivity contribution in [2.75, 3.05) is 72.5 Å². The Morgan fingerprint density at radius 2 is 1.72 bits per heavy atom. The van der Waals surface area contributed by atoms with Crippen molar-refractivity contribution in [2.24, 2.45) is 17.3 Å². The molecule has 4 aliphatic rings. The van der Waals surface area contributed by atoms with E-state index in [4.69, 9.17) is 25.8 Å². The molecule has 232 valence electrons. The number of hydrogen-bond acceptors (Lipinski definition) is 6. The summed E-state index contributed by atoms with van der Waals surface area (Å²) in [6.45, 7) is 9.26. The van der Waals surface area contributed by atoms with Crippen LogP contribution in [0.15, 0.2) is 48.0 Å². The molecule has 10 heteroatoms. The molecule has 43 heavy (non-hydrogen) atoms. The molecule has 2 unspecified atom stereocenters. The van der Waals surface area contributed by atoms with E-state index in [0.717, 1.165) is 25.4 Å². The molecule has 1 saturated carbocycles. The van der Waals surface area contributed by atoms with Gasteiger partial charge in [0.05, 0.1) is 21.3 Å². The van der Waals surface area contributed by atoms with E-state index in [2.05, 4.69) is 30.1 Å². The van der Waals surface area contributed by atoms with Gasteiger partial charge in [-0.2, -0.15) is 0 Å². The third-order valence-corrected chi connectivity index (χ3v) is 9.81. The van der Waals surface area contributed by atoms with Crippen molar-refractivity contribution in [2.45, 2.75) is 26.7 Å². The number of allylic oxidation sites excluding steroid dienone is 1. The molecule has 0 spiro atoms. The highest BCUT2D eigenvalue weighted by molar-refractivity contribution is 6.30. The molecule has 1 N–H and O–H groups in total. The van der Waals surface area contributed by atoms with Crippen molar-refractivity contribution >= 4 is 29.2 Å². The Bertz CT molecular complexity index is 1350. The second-order valence-electron chi connectivity index (χ2n) is 12.2. The number of carbonyl (C=O) groups excluding carboxylic acids is 2. The topological polar surface area (TPSA) is 83.6 Å². The number of nitrogens with zero attached hydrogens (tertiary/aromatic N) is 3. The van der Waals surface area contributed by atoms with Crippen LogP contribution in [-0.4, -0.2) is 93.8 Å². The first kappa shape index (κ1) is 31.0. The fourth-order valence-corrected chi connectivity index (χ4v) is 6.91. The Morgan fingerprint density at radius 3 is 2.30 bits per heavy atom. The molecular formula is C33H43ClN4O5. The lowest BCUT2D eigenvalue weighted by Crippen LogP contribution is -2.52. The summed E-state index contributed by atoms with van der Waals surface area (Å²) < 4.78 is 16.6. The molecular weight excluding hydrogens is 568 g/mol. The molecule has 2 aromatic carbocycles. The quantitative estimate of drug-likeness (QED) is 0.350. The number of amides is 3. The van der Waals surface area contributed by atoms with E-state index in [1.807, 2.05) is 21.9 Å². The summed E-state index contributed by atoms with van der Waals surface area (Å²) in [5.74, 6) is 2.53. The number of piperazine rings is 1. The van der Waals surface area contributed by atoms with Crippen LogP contribution < -0.4 is 19.5 Å². The lowest BCUT2D eigenvalue weighted by molar-refractivity contribution is -0.0105. The maximum Gasteiger partial charge on any atom is 0.321 e. The first-order chi connectivity index (χ1) is 20.6. The fourth-order valence-electron chi connectivity index (χ4n) is 6.72. The first-order valence-electron chi connectivity index (χ1n) is 15.0. The summed E-state index contributed by atoms with van der Waals surface area (Å²) >= 11 is 6.06. The zero-order chi connectivity index (χ0) is 30.7. The molecule has 3 amide bonds. The van der Waals surface area contributed by atoms with Gasteiger partial charge in [0.15, 0.2) is 11.5 Å². The molecule has 2 atom stereocenters. The summed E-state index contributed by atoms with van der Waals surface area (Å²) in [5, 5.41) is 3.51. The van der Waals surface area contributed by atoms with Crippen LogP contribution in [0.3, 0.4) is 0 Å². The molecule has 2 fully saturated rings. The van der Waals surface area contributed by atoms with E-state index in [9.17, 15) is 9.59 Å². The number of nitrogens with one attached hydrogen (secondary N) is 1. The number of rotatable bonds is 10. The van der Waals surface area contributed by atoms with Crippen LogP contribution >= 0.6 is 11.6 Å². The summed E-state index contributed by atoms with van der Waals surface area (Å²) in [7, 11) is 4.67. The van der Waals surface area contributed by atoms with Gasteiger partial charge in [0.2, 0.25) is 5.75 Å². The monoisotopic (exact) mass is 610 g/mol. The number of halogens is 1. The molecule has 6 rings (SSSR count). The molecule has 2 aromatic rings. The van der Waals surface area contributed by atoms with Crippen LogP contribution in [0.2, 0.25) is 5.02 Å². The van der Waals surface area contributed by atoms with E-state index >= 15 is 0 Å².